The molecule has 0 bridgehead atoms. The molecule has 1 N–H and O–H groups in total. The quantitative estimate of drug-likeness (QED) is 0.858. The van der Waals surface area contributed by atoms with E-state index in [4.69, 9.17) is 0 Å². The van der Waals surface area contributed by atoms with E-state index in [1.807, 2.05) is 24.3 Å². The fourth-order valence-corrected chi connectivity index (χ4v) is 3.37. The largest absolute Gasteiger partial charge is 0.322 e. The van der Waals surface area contributed by atoms with Crippen molar-refractivity contribution >= 4 is 21.4 Å². The summed E-state index contributed by atoms with van der Waals surface area (Å²) in [5.74, 6) is -0.258. The van der Waals surface area contributed by atoms with E-state index in [0.717, 1.165) is 18.5 Å². The standard InChI is InChI=1S/C19H23NO3S/c1-4-5-15-6-10-17(11-7-15)20-19(21)16-8-12-18(13-9-16)24(22,23)14(2)3/h6-14H,4-5H2,1-3H3,(H,20,21). The van der Waals surface area contributed by atoms with Crippen LogP contribution >= 0.6 is 0 Å². The van der Waals surface area contributed by atoms with Gasteiger partial charge in [-0.2, -0.15) is 0 Å². The first-order chi connectivity index (χ1) is 11.3. The predicted octanol–water partition coefficient (Wildman–Crippen LogP) is 4.07. The lowest BCUT2D eigenvalue weighted by atomic mass is 10.1. The Bertz CT molecular complexity index is 792. The second-order valence-corrected chi connectivity index (χ2v) is 8.52. The lowest BCUT2D eigenvalue weighted by Gasteiger charge is -2.09. The van der Waals surface area contributed by atoms with Crippen LogP contribution in [0.1, 0.15) is 43.1 Å². The summed E-state index contributed by atoms with van der Waals surface area (Å²) in [4.78, 5) is 12.5. The van der Waals surface area contributed by atoms with Gasteiger partial charge in [0, 0.05) is 11.3 Å². The molecule has 128 valence electrons. The highest BCUT2D eigenvalue weighted by Gasteiger charge is 2.19. The van der Waals surface area contributed by atoms with Crippen LogP contribution in [0.3, 0.4) is 0 Å². The van der Waals surface area contributed by atoms with E-state index in [1.165, 1.54) is 29.8 Å². The van der Waals surface area contributed by atoms with Gasteiger partial charge in [0.15, 0.2) is 9.84 Å². The molecule has 2 rings (SSSR count). The minimum atomic E-state index is -3.32. The fraction of sp³-hybridized carbons (Fsp3) is 0.316. The summed E-state index contributed by atoms with van der Waals surface area (Å²) in [5, 5.41) is 2.33. The SMILES string of the molecule is CCCc1ccc(NC(=O)c2ccc(S(=O)(=O)C(C)C)cc2)cc1. The molecule has 0 radical (unpaired) electrons. The number of hydrogen-bond acceptors (Lipinski definition) is 3. The molecular formula is C19H23NO3S. The molecule has 2 aromatic carbocycles. The highest BCUT2D eigenvalue weighted by atomic mass is 32.2. The molecule has 0 saturated heterocycles. The van der Waals surface area contributed by atoms with Crippen LogP contribution in [-0.2, 0) is 16.3 Å². The molecule has 24 heavy (non-hydrogen) atoms. The van der Waals surface area contributed by atoms with E-state index in [0.29, 0.717) is 5.56 Å². The molecule has 0 spiro atoms. The van der Waals surface area contributed by atoms with E-state index in [2.05, 4.69) is 12.2 Å². The molecule has 0 aliphatic carbocycles. The summed E-state index contributed by atoms with van der Waals surface area (Å²) in [7, 11) is -3.32. The lowest BCUT2D eigenvalue weighted by molar-refractivity contribution is 0.102. The topological polar surface area (TPSA) is 63.2 Å². The highest BCUT2D eigenvalue weighted by molar-refractivity contribution is 7.92. The van der Waals surface area contributed by atoms with E-state index in [9.17, 15) is 13.2 Å². The molecule has 1 amide bonds. The van der Waals surface area contributed by atoms with Crippen LogP contribution in [0.25, 0.3) is 0 Å². The second-order valence-electron chi connectivity index (χ2n) is 6.02. The van der Waals surface area contributed by atoms with Crippen molar-refractivity contribution in [1.29, 1.82) is 0 Å². The Morgan fingerprint density at radius 3 is 2.08 bits per heavy atom. The van der Waals surface area contributed by atoms with E-state index < -0.39 is 15.1 Å². The van der Waals surface area contributed by atoms with Crippen LogP contribution in [0.15, 0.2) is 53.4 Å². The van der Waals surface area contributed by atoms with Gasteiger partial charge in [0.05, 0.1) is 10.1 Å². The van der Waals surface area contributed by atoms with Crippen molar-refractivity contribution in [3.8, 4) is 0 Å². The molecule has 0 unspecified atom stereocenters. The van der Waals surface area contributed by atoms with Gasteiger partial charge < -0.3 is 5.32 Å². The number of hydrogen-bond donors (Lipinski definition) is 1. The van der Waals surface area contributed by atoms with Crippen LogP contribution in [-0.4, -0.2) is 19.6 Å². The zero-order valence-corrected chi connectivity index (χ0v) is 15.1. The van der Waals surface area contributed by atoms with Crippen LogP contribution < -0.4 is 5.32 Å². The number of nitrogens with one attached hydrogen (secondary N) is 1. The number of aryl methyl sites for hydroxylation is 1. The van der Waals surface area contributed by atoms with Crippen molar-refractivity contribution in [2.75, 3.05) is 5.32 Å². The number of benzene rings is 2. The molecular weight excluding hydrogens is 322 g/mol. The fourth-order valence-electron chi connectivity index (χ4n) is 2.31. The van der Waals surface area contributed by atoms with Crippen molar-refractivity contribution in [2.45, 2.75) is 43.8 Å². The molecule has 2 aromatic rings. The van der Waals surface area contributed by atoms with Crippen molar-refractivity contribution < 1.29 is 13.2 Å². The predicted molar refractivity (Wildman–Crippen MR) is 97.2 cm³/mol. The third kappa shape index (κ3) is 4.23. The Labute approximate surface area is 143 Å². The normalized spacial score (nSPS) is 11.5. The zero-order valence-electron chi connectivity index (χ0n) is 14.2. The number of carbonyl (C=O) groups is 1. The van der Waals surface area contributed by atoms with Gasteiger partial charge >= 0.3 is 0 Å². The van der Waals surface area contributed by atoms with Gasteiger partial charge in [-0.15, -0.1) is 0 Å². The third-order valence-corrected chi connectivity index (χ3v) is 5.99. The summed E-state index contributed by atoms with van der Waals surface area (Å²) in [6.45, 7) is 5.40. The number of carbonyl (C=O) groups excluding carboxylic acids is 1. The molecule has 0 heterocycles. The van der Waals surface area contributed by atoms with Gasteiger partial charge in [-0.3, -0.25) is 4.79 Å². The average Bonchev–Trinajstić information content (AvgIpc) is 2.57. The van der Waals surface area contributed by atoms with Gasteiger partial charge in [0.1, 0.15) is 0 Å². The summed E-state index contributed by atoms with van der Waals surface area (Å²) in [6.07, 6.45) is 2.09. The van der Waals surface area contributed by atoms with Gasteiger partial charge in [-0.25, -0.2) is 8.42 Å². The molecule has 0 aromatic heterocycles. The lowest BCUT2D eigenvalue weighted by Crippen LogP contribution is -2.15. The minimum absolute atomic E-state index is 0.234. The maximum atomic E-state index is 12.3. The summed E-state index contributed by atoms with van der Waals surface area (Å²) in [6, 6.07) is 13.8. The highest BCUT2D eigenvalue weighted by Crippen LogP contribution is 2.18. The summed E-state index contributed by atoms with van der Waals surface area (Å²) < 4.78 is 24.2. The van der Waals surface area contributed by atoms with Crippen molar-refractivity contribution in [3.63, 3.8) is 0 Å². The van der Waals surface area contributed by atoms with Crippen LogP contribution in [0, 0.1) is 0 Å². The Morgan fingerprint density at radius 2 is 1.58 bits per heavy atom. The van der Waals surface area contributed by atoms with E-state index in [-0.39, 0.29) is 10.8 Å². The molecule has 0 aliphatic heterocycles. The monoisotopic (exact) mass is 345 g/mol. The molecule has 0 aliphatic rings. The van der Waals surface area contributed by atoms with Gasteiger partial charge in [0.2, 0.25) is 0 Å². The van der Waals surface area contributed by atoms with Gasteiger partial charge in [-0.1, -0.05) is 25.5 Å². The first-order valence-electron chi connectivity index (χ1n) is 8.09. The second kappa shape index (κ2) is 7.62. The zero-order chi connectivity index (χ0) is 17.7. The maximum absolute atomic E-state index is 12.3. The van der Waals surface area contributed by atoms with Crippen molar-refractivity contribution in [2.24, 2.45) is 0 Å². The van der Waals surface area contributed by atoms with E-state index in [1.54, 1.807) is 13.8 Å². The van der Waals surface area contributed by atoms with Crippen molar-refractivity contribution in [3.05, 3.63) is 59.7 Å². The number of anilines is 1. The average molecular weight is 345 g/mol. The molecule has 0 fully saturated rings. The van der Waals surface area contributed by atoms with Crippen LogP contribution in [0.5, 0.6) is 0 Å². The van der Waals surface area contributed by atoms with Gasteiger partial charge in [0.25, 0.3) is 5.91 Å². The molecule has 4 nitrogen and oxygen atoms in total. The smallest absolute Gasteiger partial charge is 0.255 e. The number of amides is 1. The first-order valence-corrected chi connectivity index (χ1v) is 9.63. The maximum Gasteiger partial charge on any atom is 0.255 e. The number of sulfone groups is 1. The van der Waals surface area contributed by atoms with Crippen LogP contribution in [0.4, 0.5) is 5.69 Å². The minimum Gasteiger partial charge on any atom is -0.322 e. The molecule has 5 heteroatoms. The number of rotatable bonds is 6. The third-order valence-electron chi connectivity index (χ3n) is 3.82. The van der Waals surface area contributed by atoms with Crippen molar-refractivity contribution in [1.82, 2.24) is 0 Å². The van der Waals surface area contributed by atoms with E-state index >= 15 is 0 Å². The summed E-state index contributed by atoms with van der Waals surface area (Å²) in [5.41, 5.74) is 2.38. The molecule has 0 atom stereocenters. The Kier molecular flexibility index (Phi) is 5.78. The van der Waals surface area contributed by atoms with Crippen LogP contribution in [0.2, 0.25) is 0 Å². The Morgan fingerprint density at radius 1 is 1.00 bits per heavy atom. The van der Waals surface area contributed by atoms with Gasteiger partial charge in [-0.05, 0) is 62.2 Å². The Hall–Kier alpha value is -2.14. The first kappa shape index (κ1) is 18.2. The molecule has 0 saturated carbocycles. The Balaban J connectivity index is 2.10. The summed E-state index contributed by atoms with van der Waals surface area (Å²) >= 11 is 0.